The highest BCUT2D eigenvalue weighted by atomic mass is 35.5. The molecule has 0 fully saturated rings. The fourth-order valence-corrected chi connectivity index (χ4v) is 1.93. The topological polar surface area (TPSA) is 39.8 Å². The summed E-state index contributed by atoms with van der Waals surface area (Å²) in [6.07, 6.45) is -4.51. The van der Waals surface area contributed by atoms with Crippen LogP contribution in [0.5, 0.6) is 0 Å². The summed E-state index contributed by atoms with van der Waals surface area (Å²) < 4.78 is 38.8. The van der Waals surface area contributed by atoms with Crippen molar-refractivity contribution in [2.45, 2.75) is 13.1 Å². The van der Waals surface area contributed by atoms with Crippen LogP contribution in [0.15, 0.2) is 30.3 Å². The van der Waals surface area contributed by atoms with Crippen molar-refractivity contribution in [2.75, 3.05) is 0 Å². The summed E-state index contributed by atoms with van der Waals surface area (Å²) in [6.45, 7) is 1.39. The molecule has 0 unspecified atom stereocenters. The van der Waals surface area contributed by atoms with E-state index in [-0.39, 0.29) is 26.8 Å². The number of aromatic nitrogens is 2. The van der Waals surface area contributed by atoms with Crippen LogP contribution in [0.2, 0.25) is 5.15 Å². The highest BCUT2D eigenvalue weighted by molar-refractivity contribution is 6.29. The minimum atomic E-state index is -4.51. The number of halogens is 4. The first-order valence-electron chi connectivity index (χ1n) is 5.24. The van der Waals surface area contributed by atoms with Crippen molar-refractivity contribution in [3.8, 4) is 11.1 Å². The van der Waals surface area contributed by atoms with Gasteiger partial charge in [-0.05, 0) is 12.1 Å². The van der Waals surface area contributed by atoms with Crippen molar-refractivity contribution in [1.82, 2.24) is 5.10 Å². The third-order valence-electron chi connectivity index (χ3n) is 2.65. The van der Waals surface area contributed by atoms with Crippen LogP contribution < -0.4 is 4.85 Å². The molecule has 0 amide bonds. The fraction of sp³-hybridized carbons (Fsp3) is 0.167. The molecule has 0 saturated carbocycles. The number of benzene rings is 1. The van der Waals surface area contributed by atoms with Gasteiger partial charge < -0.3 is 5.21 Å². The summed E-state index contributed by atoms with van der Waals surface area (Å²) in [6, 6.07) is 6.25. The largest absolute Gasteiger partial charge is 0.594 e. The zero-order chi connectivity index (χ0) is 14.2. The van der Waals surface area contributed by atoms with Crippen molar-refractivity contribution in [1.29, 1.82) is 0 Å². The van der Waals surface area contributed by atoms with Crippen LogP contribution in [-0.2, 0) is 6.18 Å². The Morgan fingerprint density at radius 2 is 1.84 bits per heavy atom. The van der Waals surface area contributed by atoms with E-state index in [1.165, 1.54) is 31.2 Å². The second kappa shape index (κ2) is 4.70. The Kier molecular flexibility index (Phi) is 3.36. The molecule has 0 bridgehead atoms. The second-order valence-electron chi connectivity index (χ2n) is 3.88. The summed E-state index contributed by atoms with van der Waals surface area (Å²) in [5.41, 5.74) is -0.745. The molecule has 0 aliphatic rings. The van der Waals surface area contributed by atoms with E-state index >= 15 is 0 Å². The van der Waals surface area contributed by atoms with Gasteiger partial charge in [-0.25, -0.2) is 0 Å². The molecule has 0 radical (unpaired) electrons. The van der Waals surface area contributed by atoms with Crippen LogP contribution in [0.4, 0.5) is 13.2 Å². The molecule has 100 valence electrons. The van der Waals surface area contributed by atoms with E-state index in [1.807, 2.05) is 0 Å². The molecule has 0 atom stereocenters. The summed E-state index contributed by atoms with van der Waals surface area (Å²) in [5.74, 6) is 0. The molecular weight excluding hydrogens is 281 g/mol. The third-order valence-corrected chi connectivity index (χ3v) is 2.83. The second-order valence-corrected chi connectivity index (χ2v) is 4.27. The molecule has 7 heteroatoms. The number of hydrogen-bond donors (Lipinski definition) is 0. The Bertz CT molecular complexity index is 629. The molecule has 2 rings (SSSR count). The van der Waals surface area contributed by atoms with Gasteiger partial charge in [0.05, 0.1) is 11.1 Å². The summed E-state index contributed by atoms with van der Waals surface area (Å²) in [5, 5.41) is 14.7. The predicted molar refractivity (Wildman–Crippen MR) is 63.4 cm³/mol. The molecule has 0 saturated heterocycles. The van der Waals surface area contributed by atoms with Gasteiger partial charge >= 0.3 is 6.18 Å². The van der Waals surface area contributed by atoms with Crippen molar-refractivity contribution in [3.05, 3.63) is 51.9 Å². The molecule has 0 N–H and O–H groups in total. The van der Waals surface area contributed by atoms with Crippen molar-refractivity contribution >= 4 is 11.6 Å². The summed E-state index contributed by atoms with van der Waals surface area (Å²) >= 11 is 5.63. The van der Waals surface area contributed by atoms with E-state index in [9.17, 15) is 18.4 Å². The Labute approximate surface area is 111 Å². The first-order valence-corrected chi connectivity index (χ1v) is 5.62. The zero-order valence-corrected chi connectivity index (χ0v) is 10.5. The van der Waals surface area contributed by atoms with Crippen LogP contribution in [-0.4, -0.2) is 5.10 Å². The lowest BCUT2D eigenvalue weighted by Gasteiger charge is -2.13. The van der Waals surface area contributed by atoms with Gasteiger partial charge in [0.25, 0.3) is 0 Å². The molecule has 3 nitrogen and oxygen atoms in total. The van der Waals surface area contributed by atoms with Gasteiger partial charge in [0.15, 0.2) is 5.15 Å². The van der Waals surface area contributed by atoms with E-state index in [4.69, 9.17) is 11.6 Å². The SMILES string of the molecule is Cc1c(-c2ccccc2C(F)(F)F)cc(Cl)n[n+]1[O-]. The average Bonchev–Trinajstić information content (AvgIpc) is 2.33. The van der Waals surface area contributed by atoms with E-state index < -0.39 is 11.7 Å². The fourth-order valence-electron chi connectivity index (χ4n) is 1.76. The maximum Gasteiger partial charge on any atom is 0.417 e. The van der Waals surface area contributed by atoms with Crippen molar-refractivity contribution < 1.29 is 18.0 Å². The van der Waals surface area contributed by atoms with Gasteiger partial charge in [0.1, 0.15) is 0 Å². The van der Waals surface area contributed by atoms with Gasteiger partial charge in [-0.3, -0.25) is 0 Å². The minimum Gasteiger partial charge on any atom is -0.594 e. The first-order chi connectivity index (χ1) is 8.80. The van der Waals surface area contributed by atoms with Gasteiger partial charge in [-0.2, -0.15) is 13.2 Å². The molecular formula is C12H8ClF3N2O. The van der Waals surface area contributed by atoms with Gasteiger partial charge in [0, 0.05) is 17.6 Å². The molecule has 19 heavy (non-hydrogen) atoms. The highest BCUT2D eigenvalue weighted by Crippen LogP contribution is 2.37. The minimum absolute atomic E-state index is 0.0566. The number of alkyl halides is 3. The molecule has 1 heterocycles. The van der Waals surface area contributed by atoms with Gasteiger partial charge in [-0.15, -0.1) is 0 Å². The number of rotatable bonds is 1. The molecule has 0 aliphatic carbocycles. The Morgan fingerprint density at radius 3 is 2.47 bits per heavy atom. The van der Waals surface area contributed by atoms with Crippen LogP contribution in [0.1, 0.15) is 11.3 Å². The maximum atomic E-state index is 12.9. The predicted octanol–water partition coefficient (Wildman–Crippen LogP) is 3.36. The lowest BCUT2D eigenvalue weighted by atomic mass is 9.99. The van der Waals surface area contributed by atoms with E-state index in [0.29, 0.717) is 0 Å². The Balaban J connectivity index is 2.73. The smallest absolute Gasteiger partial charge is 0.417 e. The highest BCUT2D eigenvalue weighted by Gasteiger charge is 2.34. The van der Waals surface area contributed by atoms with Crippen LogP contribution >= 0.6 is 11.6 Å². The quantitative estimate of drug-likeness (QED) is 0.596. The molecule has 2 aromatic rings. The Hall–Kier alpha value is -1.82. The first kappa shape index (κ1) is 13.6. The molecule has 0 aliphatic heterocycles. The van der Waals surface area contributed by atoms with Crippen LogP contribution in [0.25, 0.3) is 11.1 Å². The maximum absolute atomic E-state index is 12.9. The normalized spacial score (nSPS) is 11.6. The number of hydrogen-bond acceptors (Lipinski definition) is 2. The zero-order valence-electron chi connectivity index (χ0n) is 9.70. The lowest BCUT2D eigenvalue weighted by Crippen LogP contribution is -2.35. The van der Waals surface area contributed by atoms with Crippen LogP contribution in [0, 0.1) is 12.1 Å². The summed E-state index contributed by atoms with van der Waals surface area (Å²) in [7, 11) is 0. The van der Waals surface area contributed by atoms with Gasteiger partial charge in [0.2, 0.25) is 5.69 Å². The van der Waals surface area contributed by atoms with E-state index in [2.05, 4.69) is 5.10 Å². The van der Waals surface area contributed by atoms with Gasteiger partial charge in [-0.1, -0.05) is 34.6 Å². The molecule has 1 aromatic heterocycles. The monoisotopic (exact) mass is 288 g/mol. The van der Waals surface area contributed by atoms with Crippen molar-refractivity contribution in [2.24, 2.45) is 0 Å². The summed E-state index contributed by atoms with van der Waals surface area (Å²) in [4.78, 5) is 0.213. The average molecular weight is 289 g/mol. The van der Waals surface area contributed by atoms with Crippen molar-refractivity contribution in [3.63, 3.8) is 0 Å². The third kappa shape index (κ3) is 2.63. The molecule has 0 spiro atoms. The molecule has 1 aromatic carbocycles. The standard InChI is InChI=1S/C12H8ClF3N2O/c1-7-9(6-11(13)17-18(7)19)8-4-2-3-5-10(8)12(14,15)16/h2-6H,1H3. The van der Waals surface area contributed by atoms with Crippen LogP contribution in [0.3, 0.4) is 0 Å². The lowest BCUT2D eigenvalue weighted by molar-refractivity contribution is -0.674. The Morgan fingerprint density at radius 1 is 1.21 bits per heavy atom. The van der Waals surface area contributed by atoms with E-state index in [0.717, 1.165) is 6.07 Å². The number of nitrogens with zero attached hydrogens (tertiary/aromatic N) is 2. The van der Waals surface area contributed by atoms with E-state index in [1.54, 1.807) is 0 Å².